The molecule has 2 N–H and O–H groups in total. The number of rotatable bonds is 2. The molecule has 0 aromatic rings. The number of hydrogen-bond donors (Lipinski definition) is 2. The first-order valence-corrected chi connectivity index (χ1v) is 13.4. The Hall–Kier alpha value is -1.24. The van der Waals surface area contributed by atoms with Gasteiger partial charge < -0.3 is 19.7 Å². The molecule has 6 aliphatic rings. The maximum absolute atomic E-state index is 13.3. The van der Waals surface area contributed by atoms with Gasteiger partial charge in [-0.15, -0.1) is 0 Å². The number of allylic oxidation sites excluding steroid dienone is 1. The van der Waals surface area contributed by atoms with Crippen LogP contribution in [-0.4, -0.2) is 51.5 Å². The highest BCUT2D eigenvalue weighted by Crippen LogP contribution is 2.73. The summed E-state index contributed by atoms with van der Waals surface area (Å²) in [5, 5.41) is 22.8. The highest BCUT2D eigenvalue weighted by Gasteiger charge is 2.80. The van der Waals surface area contributed by atoms with Crippen LogP contribution in [0.1, 0.15) is 73.1 Å². The minimum atomic E-state index is -1.08. The second-order valence-electron chi connectivity index (χ2n) is 13.2. The van der Waals surface area contributed by atoms with E-state index in [0.29, 0.717) is 18.3 Å². The van der Waals surface area contributed by atoms with Gasteiger partial charge in [0.05, 0.1) is 17.4 Å². The van der Waals surface area contributed by atoms with Gasteiger partial charge in [-0.2, -0.15) is 0 Å². The smallest absolute Gasteiger partial charge is 0.309 e. The molecule has 188 valence electrons. The molecule has 6 rings (SSSR count). The molecule has 0 bridgehead atoms. The van der Waals surface area contributed by atoms with Crippen LogP contribution in [0.4, 0.5) is 0 Å². The van der Waals surface area contributed by atoms with Crippen molar-refractivity contribution in [3.63, 3.8) is 0 Å². The lowest BCUT2D eigenvalue weighted by atomic mass is 9.44. The van der Waals surface area contributed by atoms with E-state index in [1.54, 1.807) is 12.2 Å². The van der Waals surface area contributed by atoms with Crippen molar-refractivity contribution in [1.29, 1.82) is 0 Å². The normalized spacial score (nSPS) is 57.6. The lowest BCUT2D eigenvalue weighted by molar-refractivity contribution is -0.202. The topological polar surface area (TPSA) is 96.4 Å². The van der Waals surface area contributed by atoms with E-state index in [1.807, 2.05) is 20.8 Å². The van der Waals surface area contributed by atoms with Gasteiger partial charge in [0.2, 0.25) is 0 Å². The number of epoxide rings is 1. The molecule has 6 nitrogen and oxygen atoms in total. The molecule has 2 saturated heterocycles. The molecule has 0 radical (unpaired) electrons. The Balaban J connectivity index is 1.30. The largest absolute Gasteiger partial charge is 0.459 e. The molecule has 4 aliphatic carbocycles. The van der Waals surface area contributed by atoms with Gasteiger partial charge in [-0.25, -0.2) is 0 Å². The highest BCUT2D eigenvalue weighted by atomic mass is 16.6. The molecule has 0 aromatic carbocycles. The summed E-state index contributed by atoms with van der Waals surface area (Å²) in [6, 6.07) is 0. The third kappa shape index (κ3) is 2.58. The van der Waals surface area contributed by atoms with E-state index in [1.165, 1.54) is 0 Å². The standard InChI is InChI=1S/C28H40O6/c1-14-12-22(33-24(31)15(14)2)27(5,32)19-7-6-17-16-13-23-28(34-23)21(30)9-8-20(29)26(28,4)18(16)10-11-25(17,19)3/h8-9,14-19,21-23,30,32H,6-7,10-13H2,1-5H3/t14-,15+,16+,17+,18-,19-,21-,22+,23-,25-,26+,27+,28-/m0/s1. The van der Waals surface area contributed by atoms with Crippen LogP contribution in [-0.2, 0) is 19.1 Å². The molecule has 0 amide bonds. The van der Waals surface area contributed by atoms with E-state index in [9.17, 15) is 19.8 Å². The van der Waals surface area contributed by atoms with E-state index >= 15 is 0 Å². The van der Waals surface area contributed by atoms with Crippen LogP contribution < -0.4 is 0 Å². The maximum atomic E-state index is 13.3. The summed E-state index contributed by atoms with van der Waals surface area (Å²) in [5.74, 6) is 0.885. The molecule has 2 heterocycles. The van der Waals surface area contributed by atoms with Crippen molar-refractivity contribution in [2.75, 3.05) is 0 Å². The number of cyclic esters (lactones) is 1. The van der Waals surface area contributed by atoms with E-state index in [4.69, 9.17) is 9.47 Å². The minimum absolute atomic E-state index is 0.0384. The maximum Gasteiger partial charge on any atom is 0.309 e. The summed E-state index contributed by atoms with van der Waals surface area (Å²) in [4.78, 5) is 25.8. The van der Waals surface area contributed by atoms with Gasteiger partial charge in [0.1, 0.15) is 23.4 Å². The number of hydrogen-bond acceptors (Lipinski definition) is 6. The second-order valence-corrected chi connectivity index (χ2v) is 13.2. The molecule has 3 saturated carbocycles. The zero-order chi connectivity index (χ0) is 24.4. The Morgan fingerprint density at radius 1 is 1.09 bits per heavy atom. The zero-order valence-corrected chi connectivity index (χ0v) is 21.1. The zero-order valence-electron chi connectivity index (χ0n) is 21.1. The number of aliphatic hydroxyl groups excluding tert-OH is 1. The Bertz CT molecular complexity index is 957. The van der Waals surface area contributed by atoms with Crippen molar-refractivity contribution in [2.45, 2.75) is 103 Å². The molecule has 34 heavy (non-hydrogen) atoms. The molecule has 2 aliphatic heterocycles. The Labute approximate surface area is 202 Å². The predicted molar refractivity (Wildman–Crippen MR) is 124 cm³/mol. The van der Waals surface area contributed by atoms with Gasteiger partial charge in [0, 0.05) is 0 Å². The quantitative estimate of drug-likeness (QED) is 0.472. The fraction of sp³-hybridized carbons (Fsp3) is 0.857. The Kier molecular flexibility index (Phi) is 4.74. The number of carbonyl (C=O) groups excluding carboxylic acids is 2. The van der Waals surface area contributed by atoms with E-state index in [2.05, 4.69) is 13.8 Å². The van der Waals surface area contributed by atoms with Crippen LogP contribution >= 0.6 is 0 Å². The van der Waals surface area contributed by atoms with Crippen LogP contribution in [0.5, 0.6) is 0 Å². The summed E-state index contributed by atoms with van der Waals surface area (Å²) in [6.45, 7) is 10.2. The fourth-order valence-electron chi connectivity index (χ4n) is 9.80. The molecule has 1 spiro atoms. The van der Waals surface area contributed by atoms with Crippen molar-refractivity contribution in [2.24, 2.45) is 46.3 Å². The van der Waals surface area contributed by atoms with Gasteiger partial charge in [0.15, 0.2) is 5.78 Å². The Morgan fingerprint density at radius 2 is 1.82 bits per heavy atom. The number of ketones is 1. The van der Waals surface area contributed by atoms with Crippen molar-refractivity contribution in [3.05, 3.63) is 12.2 Å². The van der Waals surface area contributed by atoms with Crippen molar-refractivity contribution in [3.8, 4) is 0 Å². The van der Waals surface area contributed by atoms with Crippen LogP contribution in [0, 0.1) is 46.3 Å². The van der Waals surface area contributed by atoms with Gasteiger partial charge in [-0.05, 0) is 99.5 Å². The van der Waals surface area contributed by atoms with Crippen LogP contribution in [0.15, 0.2) is 12.2 Å². The first kappa shape index (κ1) is 23.2. The van der Waals surface area contributed by atoms with Gasteiger partial charge >= 0.3 is 5.97 Å². The molecule has 5 fully saturated rings. The first-order valence-electron chi connectivity index (χ1n) is 13.4. The number of fused-ring (bicyclic) bond motifs is 4. The predicted octanol–water partition coefficient (Wildman–Crippen LogP) is 3.43. The third-order valence-electron chi connectivity index (χ3n) is 12.0. The fourth-order valence-corrected chi connectivity index (χ4v) is 9.80. The van der Waals surface area contributed by atoms with Crippen LogP contribution in [0.2, 0.25) is 0 Å². The summed E-state index contributed by atoms with van der Waals surface area (Å²) in [7, 11) is 0. The molecule has 0 unspecified atom stereocenters. The van der Waals surface area contributed by atoms with E-state index in [-0.39, 0.29) is 46.9 Å². The summed E-state index contributed by atoms with van der Waals surface area (Å²) in [5.41, 5.74) is -2.61. The molecular formula is C28H40O6. The number of carbonyl (C=O) groups is 2. The van der Waals surface area contributed by atoms with E-state index < -0.39 is 28.8 Å². The van der Waals surface area contributed by atoms with Crippen LogP contribution in [0.3, 0.4) is 0 Å². The molecule has 6 heteroatoms. The number of ether oxygens (including phenoxy) is 2. The summed E-state index contributed by atoms with van der Waals surface area (Å²) in [6.07, 6.45) is 7.21. The van der Waals surface area contributed by atoms with Gasteiger partial charge in [-0.3, -0.25) is 9.59 Å². The number of aliphatic hydroxyl groups is 2. The third-order valence-corrected chi connectivity index (χ3v) is 12.0. The average Bonchev–Trinajstić information content (AvgIpc) is 3.40. The molecular weight excluding hydrogens is 432 g/mol. The SMILES string of the molecule is C[C@H]1C[C@H]([C@](C)(O)[C@H]2CC[C@@H]3[C@H]4C[C@@H]5O[C@@]56[C@@H](O)C=CC(=O)[C@@]6(C)[C@H]4CC[C@@]32C)OC(=O)[C@@H]1C. The summed E-state index contributed by atoms with van der Waals surface area (Å²) >= 11 is 0. The molecule has 13 atom stereocenters. The minimum Gasteiger partial charge on any atom is -0.459 e. The van der Waals surface area contributed by atoms with Crippen molar-refractivity contribution >= 4 is 11.8 Å². The second kappa shape index (κ2) is 6.95. The molecule has 0 aromatic heterocycles. The first-order chi connectivity index (χ1) is 15.9. The monoisotopic (exact) mass is 472 g/mol. The number of esters is 1. The van der Waals surface area contributed by atoms with E-state index in [0.717, 1.165) is 32.1 Å². The van der Waals surface area contributed by atoms with Crippen molar-refractivity contribution < 1.29 is 29.3 Å². The van der Waals surface area contributed by atoms with Crippen LogP contribution in [0.25, 0.3) is 0 Å². The average molecular weight is 473 g/mol. The van der Waals surface area contributed by atoms with Gasteiger partial charge in [-0.1, -0.05) is 20.8 Å². The van der Waals surface area contributed by atoms with Gasteiger partial charge in [0.25, 0.3) is 0 Å². The Morgan fingerprint density at radius 3 is 2.53 bits per heavy atom. The van der Waals surface area contributed by atoms with Crippen molar-refractivity contribution in [1.82, 2.24) is 0 Å². The lowest BCUT2D eigenvalue weighted by Gasteiger charge is -2.59. The summed E-state index contributed by atoms with van der Waals surface area (Å²) < 4.78 is 12.0. The highest BCUT2D eigenvalue weighted by molar-refractivity contribution is 5.98. The lowest BCUT2D eigenvalue weighted by Crippen LogP contribution is -2.64.